The van der Waals surface area contributed by atoms with Crippen molar-refractivity contribution in [2.45, 2.75) is 19.9 Å². The van der Waals surface area contributed by atoms with Gasteiger partial charge in [0.15, 0.2) is 0 Å². The highest BCUT2D eigenvalue weighted by atomic mass is 14.9. The van der Waals surface area contributed by atoms with E-state index in [0.29, 0.717) is 0 Å². The highest BCUT2D eigenvalue weighted by molar-refractivity contribution is 5.71. The molecule has 0 aliphatic rings. The van der Waals surface area contributed by atoms with Gasteiger partial charge in [0.05, 0.1) is 0 Å². The molecule has 0 unspecified atom stereocenters. The molecule has 0 saturated heterocycles. The molecule has 0 saturated carbocycles. The number of nitrogens with one attached hydrogen (secondary N) is 2. The zero-order valence-electron chi connectivity index (χ0n) is 14.6. The Morgan fingerprint density at radius 1 is 1.04 bits per heavy atom. The number of rotatable bonds is 8. The molecule has 2 aromatic carbocycles. The molecule has 0 radical (unpaired) electrons. The number of benzene rings is 2. The molecule has 2 nitrogen and oxygen atoms in total. The number of hydrogen-bond donors (Lipinski definition) is 2. The van der Waals surface area contributed by atoms with Crippen LogP contribution < -0.4 is 10.6 Å². The first-order valence-electron chi connectivity index (χ1n) is 8.17. The van der Waals surface area contributed by atoms with Crippen LogP contribution in [0.15, 0.2) is 79.7 Å². The van der Waals surface area contributed by atoms with Gasteiger partial charge in [0.1, 0.15) is 0 Å². The fourth-order valence-corrected chi connectivity index (χ4v) is 2.47. The summed E-state index contributed by atoms with van der Waals surface area (Å²) in [7, 11) is 1.88. The van der Waals surface area contributed by atoms with Crippen molar-refractivity contribution < 1.29 is 0 Å². The summed E-state index contributed by atoms with van der Waals surface area (Å²) in [5.74, 6) is 0. The summed E-state index contributed by atoms with van der Waals surface area (Å²) >= 11 is 0. The second kappa shape index (κ2) is 8.78. The summed E-state index contributed by atoms with van der Waals surface area (Å²) in [5, 5.41) is 6.38. The fourth-order valence-electron chi connectivity index (χ4n) is 2.47. The molecule has 0 atom stereocenters. The van der Waals surface area contributed by atoms with Gasteiger partial charge < -0.3 is 10.6 Å². The predicted octanol–water partition coefficient (Wildman–Crippen LogP) is 4.59. The summed E-state index contributed by atoms with van der Waals surface area (Å²) in [6.07, 6.45) is 4.68. The maximum Gasteiger partial charge on any atom is 0.0397 e. The van der Waals surface area contributed by atoms with Crippen molar-refractivity contribution in [3.05, 3.63) is 102 Å². The quantitative estimate of drug-likeness (QED) is 0.696. The van der Waals surface area contributed by atoms with Gasteiger partial charge in [-0.3, -0.25) is 0 Å². The predicted molar refractivity (Wildman–Crippen MR) is 105 cm³/mol. The Morgan fingerprint density at radius 3 is 2.46 bits per heavy atom. The zero-order chi connectivity index (χ0) is 17.4. The molecule has 0 bridgehead atoms. The van der Waals surface area contributed by atoms with Gasteiger partial charge in [-0.2, -0.15) is 0 Å². The van der Waals surface area contributed by atoms with E-state index in [4.69, 9.17) is 0 Å². The van der Waals surface area contributed by atoms with Crippen molar-refractivity contribution in [3.63, 3.8) is 0 Å². The molecule has 2 N–H and O–H groups in total. The molecule has 0 heterocycles. The molecular formula is C22H26N2. The van der Waals surface area contributed by atoms with Crippen molar-refractivity contribution in [2.24, 2.45) is 0 Å². The summed E-state index contributed by atoms with van der Waals surface area (Å²) in [6, 6.07) is 17.0. The first-order valence-corrected chi connectivity index (χ1v) is 8.17. The lowest BCUT2D eigenvalue weighted by Gasteiger charge is -2.11. The highest BCUT2D eigenvalue weighted by Crippen LogP contribution is 2.16. The van der Waals surface area contributed by atoms with Crippen LogP contribution in [0.1, 0.15) is 22.3 Å². The minimum Gasteiger partial charge on any atom is -0.394 e. The van der Waals surface area contributed by atoms with Crippen LogP contribution in [0.25, 0.3) is 5.57 Å². The average molecular weight is 318 g/mol. The van der Waals surface area contributed by atoms with Gasteiger partial charge in [-0.05, 0) is 41.5 Å². The zero-order valence-corrected chi connectivity index (χ0v) is 14.6. The SMILES string of the molecule is C=C(Cc1ccc(C(=C)/C=C\NC)cc1)NCc1cccc(C)c1. The highest BCUT2D eigenvalue weighted by Gasteiger charge is 2.00. The summed E-state index contributed by atoms with van der Waals surface area (Å²) in [6.45, 7) is 11.1. The molecule has 124 valence electrons. The Balaban J connectivity index is 1.87. The maximum atomic E-state index is 4.14. The third kappa shape index (κ3) is 5.47. The van der Waals surface area contributed by atoms with Crippen molar-refractivity contribution in [2.75, 3.05) is 7.05 Å². The van der Waals surface area contributed by atoms with Gasteiger partial charge in [0.25, 0.3) is 0 Å². The molecule has 0 spiro atoms. The Hall–Kier alpha value is -2.74. The van der Waals surface area contributed by atoms with Crippen LogP contribution in [-0.4, -0.2) is 7.05 Å². The molecule has 24 heavy (non-hydrogen) atoms. The van der Waals surface area contributed by atoms with Gasteiger partial charge in [0, 0.05) is 25.7 Å². The van der Waals surface area contributed by atoms with E-state index in [0.717, 1.165) is 29.8 Å². The Bertz CT molecular complexity index is 724. The molecule has 2 aromatic rings. The lowest BCUT2D eigenvalue weighted by Crippen LogP contribution is -2.13. The minimum atomic E-state index is 0.810. The molecule has 0 aliphatic carbocycles. The van der Waals surface area contributed by atoms with Gasteiger partial charge in [0.2, 0.25) is 0 Å². The van der Waals surface area contributed by atoms with Crippen LogP contribution in [-0.2, 0) is 13.0 Å². The summed E-state index contributed by atoms with van der Waals surface area (Å²) in [4.78, 5) is 0. The number of aryl methyl sites for hydroxylation is 1. The van der Waals surface area contributed by atoms with Crippen LogP contribution in [0.3, 0.4) is 0 Å². The van der Waals surface area contributed by atoms with E-state index in [1.807, 2.05) is 19.3 Å². The van der Waals surface area contributed by atoms with Crippen LogP contribution >= 0.6 is 0 Å². The van der Waals surface area contributed by atoms with Crippen molar-refractivity contribution in [1.29, 1.82) is 0 Å². The van der Waals surface area contributed by atoms with Gasteiger partial charge in [-0.15, -0.1) is 0 Å². The fraction of sp³-hybridized carbons (Fsp3) is 0.182. The van der Waals surface area contributed by atoms with Crippen LogP contribution in [0.4, 0.5) is 0 Å². The first kappa shape index (κ1) is 17.6. The molecule has 2 heteroatoms. The third-order valence-electron chi connectivity index (χ3n) is 3.82. The average Bonchev–Trinajstić information content (AvgIpc) is 2.58. The largest absolute Gasteiger partial charge is 0.394 e. The van der Waals surface area contributed by atoms with Crippen LogP contribution in [0, 0.1) is 6.92 Å². The maximum absolute atomic E-state index is 4.14. The second-order valence-corrected chi connectivity index (χ2v) is 5.97. The third-order valence-corrected chi connectivity index (χ3v) is 3.82. The van der Waals surface area contributed by atoms with E-state index in [1.165, 1.54) is 16.7 Å². The molecule has 0 amide bonds. The van der Waals surface area contributed by atoms with E-state index >= 15 is 0 Å². The summed E-state index contributed by atoms with van der Waals surface area (Å²) < 4.78 is 0. The summed E-state index contributed by atoms with van der Waals surface area (Å²) in [5.41, 5.74) is 6.95. The van der Waals surface area contributed by atoms with E-state index in [1.54, 1.807) is 0 Å². The first-order chi connectivity index (χ1) is 11.6. The molecule has 0 aromatic heterocycles. The number of hydrogen-bond acceptors (Lipinski definition) is 2. The van der Waals surface area contributed by atoms with E-state index in [2.05, 4.69) is 79.2 Å². The van der Waals surface area contributed by atoms with Crippen LogP contribution in [0.5, 0.6) is 0 Å². The number of allylic oxidation sites excluding steroid dienone is 3. The lowest BCUT2D eigenvalue weighted by atomic mass is 10.0. The Labute approximate surface area is 145 Å². The van der Waals surface area contributed by atoms with E-state index < -0.39 is 0 Å². The van der Waals surface area contributed by atoms with Gasteiger partial charge in [-0.1, -0.05) is 67.3 Å². The smallest absolute Gasteiger partial charge is 0.0397 e. The lowest BCUT2D eigenvalue weighted by molar-refractivity contribution is 0.785. The second-order valence-electron chi connectivity index (χ2n) is 5.97. The Kier molecular flexibility index (Phi) is 6.44. The van der Waals surface area contributed by atoms with Crippen molar-refractivity contribution >= 4 is 5.57 Å². The van der Waals surface area contributed by atoms with E-state index in [-0.39, 0.29) is 0 Å². The van der Waals surface area contributed by atoms with Gasteiger partial charge in [-0.25, -0.2) is 0 Å². The molecule has 2 rings (SSSR count). The van der Waals surface area contributed by atoms with Crippen LogP contribution in [0.2, 0.25) is 0 Å². The minimum absolute atomic E-state index is 0.810. The van der Waals surface area contributed by atoms with E-state index in [9.17, 15) is 0 Å². The van der Waals surface area contributed by atoms with Gasteiger partial charge >= 0.3 is 0 Å². The topological polar surface area (TPSA) is 24.1 Å². The normalized spacial score (nSPS) is 10.6. The standard InChI is InChI=1S/C22H26N2/c1-17-6-5-7-21(14-17)16-24-19(3)15-20-8-10-22(11-9-20)18(2)12-13-23-4/h5-14,23-24H,2-3,15-16H2,1,4H3/b13-12-. The molecule has 0 fully saturated rings. The Morgan fingerprint density at radius 2 is 1.79 bits per heavy atom. The monoisotopic (exact) mass is 318 g/mol. The van der Waals surface area contributed by atoms with Crippen molar-refractivity contribution in [1.82, 2.24) is 10.6 Å². The van der Waals surface area contributed by atoms with Crippen molar-refractivity contribution in [3.8, 4) is 0 Å². The molecular weight excluding hydrogens is 292 g/mol. The molecule has 0 aliphatic heterocycles.